The molecule has 0 saturated carbocycles. The minimum absolute atomic E-state index is 0.305. The number of rotatable bonds is 2. The maximum atomic E-state index is 5.87. The molecule has 0 radical (unpaired) electrons. The van der Waals surface area contributed by atoms with Crippen molar-refractivity contribution in [1.29, 1.82) is 0 Å². The number of fused-ring (bicyclic) bond motifs is 2. The first kappa shape index (κ1) is 11.7. The molecule has 0 aliphatic heterocycles. The molecule has 1 aliphatic rings. The summed E-state index contributed by atoms with van der Waals surface area (Å²) in [5.41, 5.74) is 8.09. The van der Waals surface area contributed by atoms with E-state index >= 15 is 0 Å². The third kappa shape index (κ3) is 1.84. The molecule has 3 aromatic heterocycles. The van der Waals surface area contributed by atoms with Gasteiger partial charge >= 0.3 is 0 Å². The van der Waals surface area contributed by atoms with Crippen molar-refractivity contribution in [2.75, 3.05) is 11.1 Å². The Hall–Kier alpha value is -2.08. The molecule has 1 unspecified atom stereocenters. The molecule has 0 aromatic carbocycles. The van der Waals surface area contributed by atoms with Crippen LogP contribution in [0.3, 0.4) is 0 Å². The van der Waals surface area contributed by atoms with Gasteiger partial charge in [-0.25, -0.2) is 9.97 Å². The summed E-state index contributed by atoms with van der Waals surface area (Å²) in [4.78, 5) is 10.2. The lowest BCUT2D eigenvalue weighted by Crippen LogP contribution is -2.17. The Balaban J connectivity index is 1.74. The molecule has 3 heterocycles. The Morgan fingerprint density at radius 2 is 2.40 bits per heavy atom. The van der Waals surface area contributed by atoms with Gasteiger partial charge in [0.25, 0.3) is 0 Å². The second kappa shape index (κ2) is 4.49. The highest BCUT2D eigenvalue weighted by Gasteiger charge is 2.22. The lowest BCUT2D eigenvalue weighted by atomic mass is 9.94. The fraction of sp³-hybridized carbons (Fsp3) is 0.286. The van der Waals surface area contributed by atoms with Crippen LogP contribution in [0.25, 0.3) is 5.65 Å². The third-order valence-corrected chi connectivity index (χ3v) is 4.75. The number of hydrogen-bond acceptors (Lipinski definition) is 5. The van der Waals surface area contributed by atoms with Crippen LogP contribution in [0.1, 0.15) is 29.3 Å². The van der Waals surface area contributed by atoms with Crippen molar-refractivity contribution < 1.29 is 0 Å². The maximum Gasteiger partial charge on any atom is 0.180 e. The average molecular weight is 285 g/mol. The zero-order valence-electron chi connectivity index (χ0n) is 10.9. The number of nitrogens with zero attached hydrogens (tertiary/aromatic N) is 3. The van der Waals surface area contributed by atoms with Gasteiger partial charge < -0.3 is 15.5 Å². The minimum Gasteiger partial charge on any atom is -0.382 e. The van der Waals surface area contributed by atoms with Crippen molar-refractivity contribution in [2.45, 2.75) is 25.3 Å². The number of thiophene rings is 1. The molecule has 0 fully saturated rings. The second-order valence-corrected chi connectivity index (χ2v) is 6.06. The molecule has 102 valence electrons. The van der Waals surface area contributed by atoms with Crippen molar-refractivity contribution >= 4 is 28.6 Å². The summed E-state index contributed by atoms with van der Waals surface area (Å²) < 4.78 is 1.90. The predicted octanol–water partition coefficient (Wildman–Crippen LogP) is 2.86. The average Bonchev–Trinajstić information content (AvgIpc) is 3.06. The third-order valence-electron chi connectivity index (χ3n) is 3.76. The molecular weight excluding hydrogens is 270 g/mol. The minimum atomic E-state index is 0.305. The van der Waals surface area contributed by atoms with E-state index in [9.17, 15) is 0 Å². The van der Waals surface area contributed by atoms with Crippen LogP contribution >= 0.6 is 11.3 Å². The maximum absolute atomic E-state index is 5.87. The highest BCUT2D eigenvalue weighted by atomic mass is 32.1. The predicted molar refractivity (Wildman–Crippen MR) is 81.0 cm³/mol. The van der Waals surface area contributed by atoms with Crippen LogP contribution in [0, 0.1) is 0 Å². The molecule has 3 aromatic rings. The molecule has 1 aliphatic carbocycles. The quantitative estimate of drug-likeness (QED) is 0.759. The zero-order chi connectivity index (χ0) is 13.5. The molecule has 4 rings (SSSR count). The lowest BCUT2D eigenvalue weighted by molar-refractivity contribution is 0.607. The number of aryl methyl sites for hydroxylation is 1. The lowest BCUT2D eigenvalue weighted by Gasteiger charge is -2.24. The van der Waals surface area contributed by atoms with Gasteiger partial charge in [-0.05, 0) is 36.3 Å². The second-order valence-electron chi connectivity index (χ2n) is 5.06. The monoisotopic (exact) mass is 285 g/mol. The zero-order valence-corrected chi connectivity index (χ0v) is 11.7. The standard InChI is InChI=1S/C14H15N5S/c15-12-8-19-6-5-16-14(19)13(18-12)17-10-2-1-3-11-9(10)4-7-20-11/h4-8,10H,1-3,15H2,(H,17,18). The Morgan fingerprint density at radius 3 is 3.35 bits per heavy atom. The van der Waals surface area contributed by atoms with Crippen LogP contribution < -0.4 is 11.1 Å². The van der Waals surface area contributed by atoms with Crippen LogP contribution in [-0.2, 0) is 6.42 Å². The topological polar surface area (TPSA) is 68.2 Å². The van der Waals surface area contributed by atoms with Crippen LogP contribution in [-0.4, -0.2) is 14.4 Å². The number of nitrogens with one attached hydrogen (secondary N) is 1. The largest absolute Gasteiger partial charge is 0.382 e. The fourth-order valence-electron chi connectivity index (χ4n) is 2.85. The summed E-state index contributed by atoms with van der Waals surface area (Å²) in [5.74, 6) is 1.26. The Kier molecular flexibility index (Phi) is 2.63. The van der Waals surface area contributed by atoms with Gasteiger partial charge in [0, 0.05) is 17.3 Å². The normalized spacial score (nSPS) is 18.1. The van der Waals surface area contributed by atoms with E-state index in [1.807, 2.05) is 21.9 Å². The SMILES string of the molecule is Nc1cn2ccnc2c(NC2CCCc3sccc32)n1. The highest BCUT2D eigenvalue weighted by Crippen LogP contribution is 2.35. The Morgan fingerprint density at radius 1 is 1.45 bits per heavy atom. The van der Waals surface area contributed by atoms with Crippen molar-refractivity contribution in [2.24, 2.45) is 0 Å². The van der Waals surface area contributed by atoms with Crippen molar-refractivity contribution in [3.8, 4) is 0 Å². The number of aromatic nitrogens is 3. The van der Waals surface area contributed by atoms with E-state index < -0.39 is 0 Å². The number of imidazole rings is 1. The Bertz CT molecular complexity index is 760. The van der Waals surface area contributed by atoms with Gasteiger partial charge in [0.2, 0.25) is 0 Å². The van der Waals surface area contributed by atoms with E-state index in [-0.39, 0.29) is 0 Å². The van der Waals surface area contributed by atoms with Gasteiger partial charge in [-0.15, -0.1) is 11.3 Å². The van der Waals surface area contributed by atoms with Crippen LogP contribution in [0.5, 0.6) is 0 Å². The smallest absolute Gasteiger partial charge is 0.180 e. The van der Waals surface area contributed by atoms with Crippen molar-refractivity contribution in [3.05, 3.63) is 40.5 Å². The molecule has 0 amide bonds. The number of nitrogen functional groups attached to an aromatic ring is 1. The van der Waals surface area contributed by atoms with E-state index in [4.69, 9.17) is 5.73 Å². The van der Waals surface area contributed by atoms with Crippen LogP contribution in [0.4, 0.5) is 11.6 Å². The summed E-state index contributed by atoms with van der Waals surface area (Å²) in [6.45, 7) is 0. The summed E-state index contributed by atoms with van der Waals surface area (Å²) in [6.07, 6.45) is 8.94. The van der Waals surface area contributed by atoms with E-state index in [1.165, 1.54) is 23.3 Å². The molecule has 0 bridgehead atoms. The first-order chi connectivity index (χ1) is 9.81. The van der Waals surface area contributed by atoms with Gasteiger partial charge in [0.05, 0.1) is 12.2 Å². The molecule has 6 heteroatoms. The van der Waals surface area contributed by atoms with Gasteiger partial charge in [-0.2, -0.15) is 0 Å². The van der Waals surface area contributed by atoms with Gasteiger partial charge in [0.15, 0.2) is 11.5 Å². The van der Waals surface area contributed by atoms with Crippen molar-refractivity contribution in [1.82, 2.24) is 14.4 Å². The van der Waals surface area contributed by atoms with E-state index in [2.05, 4.69) is 26.7 Å². The first-order valence-corrected chi connectivity index (χ1v) is 7.61. The molecule has 3 N–H and O–H groups in total. The number of anilines is 2. The number of nitrogens with two attached hydrogens (primary N) is 1. The number of hydrogen-bond donors (Lipinski definition) is 2. The van der Waals surface area contributed by atoms with Crippen molar-refractivity contribution in [3.63, 3.8) is 0 Å². The van der Waals surface area contributed by atoms with Gasteiger partial charge in [-0.3, -0.25) is 0 Å². The molecule has 0 spiro atoms. The molecule has 5 nitrogen and oxygen atoms in total. The van der Waals surface area contributed by atoms with Crippen LogP contribution in [0.15, 0.2) is 30.0 Å². The summed E-state index contributed by atoms with van der Waals surface area (Å²) in [5, 5.41) is 5.69. The Labute approximate surface area is 120 Å². The summed E-state index contributed by atoms with van der Waals surface area (Å²) in [6, 6.07) is 2.52. The summed E-state index contributed by atoms with van der Waals surface area (Å²) >= 11 is 1.84. The van der Waals surface area contributed by atoms with Gasteiger partial charge in [0.1, 0.15) is 5.82 Å². The first-order valence-electron chi connectivity index (χ1n) is 6.73. The van der Waals surface area contributed by atoms with E-state index in [0.29, 0.717) is 11.9 Å². The summed E-state index contributed by atoms with van der Waals surface area (Å²) in [7, 11) is 0. The molecule has 20 heavy (non-hydrogen) atoms. The molecule has 0 saturated heterocycles. The fourth-order valence-corrected chi connectivity index (χ4v) is 3.84. The molecular formula is C14H15N5S. The van der Waals surface area contributed by atoms with E-state index in [1.54, 1.807) is 12.4 Å². The van der Waals surface area contributed by atoms with Gasteiger partial charge in [-0.1, -0.05) is 0 Å². The van der Waals surface area contributed by atoms with E-state index in [0.717, 1.165) is 17.9 Å². The molecule has 1 atom stereocenters. The van der Waals surface area contributed by atoms with Crippen LogP contribution in [0.2, 0.25) is 0 Å². The highest BCUT2D eigenvalue weighted by molar-refractivity contribution is 7.10.